The summed E-state index contributed by atoms with van der Waals surface area (Å²) in [6, 6.07) is 0.593. The molecule has 0 radical (unpaired) electrons. The molecular formula is C9H6F3NO4. The zero-order valence-corrected chi connectivity index (χ0v) is 8.41. The fourth-order valence-corrected chi connectivity index (χ4v) is 1.24. The lowest BCUT2D eigenvalue weighted by atomic mass is 10.0. The number of nitro groups is 1. The molecule has 0 fully saturated rings. The van der Waals surface area contributed by atoms with Crippen LogP contribution in [0, 0.1) is 10.1 Å². The quantitative estimate of drug-likeness (QED) is 0.496. The molecule has 8 heteroatoms. The highest BCUT2D eigenvalue weighted by Gasteiger charge is 2.39. The van der Waals surface area contributed by atoms with Gasteiger partial charge in [0, 0.05) is 0 Å². The van der Waals surface area contributed by atoms with Gasteiger partial charge < -0.3 is 5.11 Å². The van der Waals surface area contributed by atoms with Crippen molar-refractivity contribution in [2.75, 3.05) is 0 Å². The monoisotopic (exact) mass is 249 g/mol. The van der Waals surface area contributed by atoms with Gasteiger partial charge in [-0.15, -0.1) is 0 Å². The average Bonchev–Trinajstić information content (AvgIpc) is 2.14. The zero-order valence-electron chi connectivity index (χ0n) is 8.41. The first-order chi connectivity index (χ1) is 7.64. The summed E-state index contributed by atoms with van der Waals surface area (Å²) < 4.78 is 37.5. The second-order valence-corrected chi connectivity index (χ2v) is 3.20. The minimum atomic E-state index is -4.97. The molecule has 0 aliphatic carbocycles. The van der Waals surface area contributed by atoms with Gasteiger partial charge in [0.25, 0.3) is 5.69 Å². The lowest BCUT2D eigenvalue weighted by Gasteiger charge is -2.09. The summed E-state index contributed by atoms with van der Waals surface area (Å²) in [4.78, 5) is 20.1. The summed E-state index contributed by atoms with van der Waals surface area (Å²) >= 11 is 0. The third-order valence-electron chi connectivity index (χ3n) is 2.00. The number of carbonyl (C=O) groups excluding carboxylic acids is 1. The lowest BCUT2D eigenvalue weighted by molar-refractivity contribution is -0.388. The van der Waals surface area contributed by atoms with Gasteiger partial charge in [-0.2, -0.15) is 13.2 Å². The van der Waals surface area contributed by atoms with Crippen molar-refractivity contribution in [2.45, 2.75) is 13.1 Å². The van der Waals surface area contributed by atoms with Crippen LogP contribution >= 0.6 is 0 Å². The summed E-state index contributed by atoms with van der Waals surface area (Å²) in [5.41, 5.74) is -3.46. The maximum absolute atomic E-state index is 12.5. The molecule has 0 unspecified atom stereocenters. The zero-order chi connectivity index (χ0) is 13.4. The number of nitrogens with zero attached hydrogens (tertiary/aromatic N) is 1. The van der Waals surface area contributed by atoms with Crippen LogP contribution in [-0.2, 0) is 6.18 Å². The third-order valence-corrected chi connectivity index (χ3v) is 2.00. The highest BCUT2D eigenvalue weighted by molar-refractivity contribution is 5.97. The lowest BCUT2D eigenvalue weighted by Crippen LogP contribution is -2.10. The number of benzene rings is 1. The normalized spacial score (nSPS) is 11.3. The number of alkyl halides is 3. The number of phenols is 1. The molecule has 1 rings (SSSR count). The molecule has 0 amide bonds. The maximum atomic E-state index is 12.5. The van der Waals surface area contributed by atoms with Gasteiger partial charge in [-0.25, -0.2) is 0 Å². The third kappa shape index (κ3) is 2.52. The fraction of sp³-hybridized carbons (Fsp3) is 0.222. The Morgan fingerprint density at radius 1 is 1.41 bits per heavy atom. The van der Waals surface area contributed by atoms with Crippen LogP contribution < -0.4 is 0 Å². The van der Waals surface area contributed by atoms with Crippen molar-refractivity contribution in [2.24, 2.45) is 0 Å². The Bertz CT molecular complexity index is 496. The Kier molecular flexibility index (Phi) is 3.08. The van der Waals surface area contributed by atoms with Gasteiger partial charge in [-0.3, -0.25) is 14.9 Å². The molecule has 0 spiro atoms. The highest BCUT2D eigenvalue weighted by atomic mass is 19.4. The van der Waals surface area contributed by atoms with Gasteiger partial charge in [0.05, 0.1) is 16.6 Å². The molecule has 0 saturated carbocycles. The van der Waals surface area contributed by atoms with Gasteiger partial charge >= 0.3 is 6.18 Å². The molecule has 0 saturated heterocycles. The van der Waals surface area contributed by atoms with Crippen molar-refractivity contribution in [1.29, 1.82) is 0 Å². The topological polar surface area (TPSA) is 80.4 Å². The van der Waals surface area contributed by atoms with Gasteiger partial charge in [-0.05, 0) is 13.0 Å². The molecule has 17 heavy (non-hydrogen) atoms. The summed E-state index contributed by atoms with van der Waals surface area (Å²) in [5.74, 6) is -1.67. The van der Waals surface area contributed by atoms with Crippen LogP contribution in [0.15, 0.2) is 12.1 Å². The predicted octanol–water partition coefficient (Wildman–Crippen LogP) is 2.52. The molecule has 0 aliphatic heterocycles. The number of halogens is 3. The molecule has 5 nitrogen and oxygen atoms in total. The Labute approximate surface area is 92.6 Å². The Morgan fingerprint density at radius 3 is 2.29 bits per heavy atom. The summed E-state index contributed by atoms with van der Waals surface area (Å²) in [6.07, 6.45) is -4.97. The number of ketones is 1. The van der Waals surface area contributed by atoms with E-state index in [0.717, 1.165) is 6.92 Å². The van der Waals surface area contributed by atoms with Crippen LogP contribution in [0.25, 0.3) is 0 Å². The van der Waals surface area contributed by atoms with E-state index in [2.05, 4.69) is 0 Å². The number of rotatable bonds is 2. The van der Waals surface area contributed by atoms with Crippen LogP contribution in [0.5, 0.6) is 5.75 Å². The number of nitro benzene ring substituents is 1. The van der Waals surface area contributed by atoms with Gasteiger partial charge in [-0.1, -0.05) is 0 Å². The predicted molar refractivity (Wildman–Crippen MR) is 49.8 cm³/mol. The van der Waals surface area contributed by atoms with E-state index in [1.807, 2.05) is 0 Å². The number of hydrogen-bond donors (Lipinski definition) is 1. The van der Waals surface area contributed by atoms with E-state index in [0.29, 0.717) is 6.07 Å². The second-order valence-electron chi connectivity index (χ2n) is 3.20. The van der Waals surface area contributed by atoms with Gasteiger partial charge in [0.1, 0.15) is 11.3 Å². The van der Waals surface area contributed by atoms with Gasteiger partial charge in [0.15, 0.2) is 5.78 Å². The fourth-order valence-electron chi connectivity index (χ4n) is 1.24. The van der Waals surface area contributed by atoms with Crippen LogP contribution in [0.3, 0.4) is 0 Å². The summed E-state index contributed by atoms with van der Waals surface area (Å²) in [5, 5.41) is 19.6. The molecule has 0 atom stereocenters. The maximum Gasteiger partial charge on any atom is 0.423 e. The van der Waals surface area contributed by atoms with E-state index in [9.17, 15) is 33.2 Å². The van der Waals surface area contributed by atoms with Crippen molar-refractivity contribution in [3.63, 3.8) is 0 Å². The first-order valence-electron chi connectivity index (χ1n) is 4.24. The smallest absolute Gasteiger partial charge is 0.423 e. The van der Waals surface area contributed by atoms with Gasteiger partial charge in [0.2, 0.25) is 0 Å². The SMILES string of the molecule is CC(=O)c1cc(C(F)(F)F)c([N+](=O)[O-])cc1O. The van der Waals surface area contributed by atoms with E-state index < -0.39 is 39.4 Å². The van der Waals surface area contributed by atoms with E-state index in [1.165, 1.54) is 0 Å². The molecule has 0 aromatic heterocycles. The molecule has 0 bridgehead atoms. The van der Waals surface area contributed by atoms with Crippen LogP contribution in [0.1, 0.15) is 22.8 Å². The molecule has 0 heterocycles. The van der Waals surface area contributed by atoms with E-state index in [4.69, 9.17) is 0 Å². The molecule has 0 aliphatic rings. The number of aromatic hydroxyl groups is 1. The van der Waals surface area contributed by atoms with Crippen molar-refractivity contribution in [3.8, 4) is 5.75 Å². The molecule has 92 valence electrons. The van der Waals surface area contributed by atoms with Crippen LogP contribution in [0.4, 0.5) is 18.9 Å². The first-order valence-corrected chi connectivity index (χ1v) is 4.24. The number of Topliss-reactive ketones (excluding diaryl/α,β-unsaturated/α-hetero) is 1. The average molecular weight is 249 g/mol. The summed E-state index contributed by atoms with van der Waals surface area (Å²) in [6.45, 7) is 0.945. The van der Waals surface area contributed by atoms with Crippen molar-refractivity contribution < 1.29 is 28.0 Å². The summed E-state index contributed by atoms with van der Waals surface area (Å²) in [7, 11) is 0. The van der Waals surface area contributed by atoms with Crippen molar-refractivity contribution in [1.82, 2.24) is 0 Å². The number of phenolic OH excluding ortho intramolecular Hbond substituents is 1. The first kappa shape index (κ1) is 12.9. The van der Waals surface area contributed by atoms with E-state index in [-0.39, 0.29) is 6.07 Å². The minimum Gasteiger partial charge on any atom is -0.507 e. The number of carbonyl (C=O) groups is 1. The Morgan fingerprint density at radius 2 is 1.94 bits per heavy atom. The van der Waals surface area contributed by atoms with E-state index >= 15 is 0 Å². The molecular weight excluding hydrogens is 243 g/mol. The van der Waals surface area contributed by atoms with Crippen LogP contribution in [-0.4, -0.2) is 15.8 Å². The largest absolute Gasteiger partial charge is 0.507 e. The Balaban J connectivity index is 3.60. The molecule has 1 aromatic carbocycles. The van der Waals surface area contributed by atoms with E-state index in [1.54, 1.807) is 0 Å². The Hall–Kier alpha value is -2.12. The molecule has 1 N–H and O–H groups in total. The van der Waals surface area contributed by atoms with Crippen LogP contribution in [0.2, 0.25) is 0 Å². The van der Waals surface area contributed by atoms with Crippen molar-refractivity contribution >= 4 is 11.5 Å². The second kappa shape index (κ2) is 4.04. The standard InChI is InChI=1S/C9H6F3NO4/c1-4(14)5-2-6(9(10,11)12)7(13(16)17)3-8(5)15/h2-3,15H,1H3. The minimum absolute atomic E-state index is 0.274. The molecule has 1 aromatic rings. The highest BCUT2D eigenvalue weighted by Crippen LogP contribution is 2.39. The number of hydrogen-bond acceptors (Lipinski definition) is 4. The van der Waals surface area contributed by atoms with Crippen molar-refractivity contribution in [3.05, 3.63) is 33.4 Å².